The van der Waals surface area contributed by atoms with Gasteiger partial charge in [-0.15, -0.1) is 11.6 Å². The molecule has 4 N–H and O–H groups in total. The first-order valence-electron chi connectivity index (χ1n) is 10.5. The Balaban J connectivity index is 1.82. The summed E-state index contributed by atoms with van der Waals surface area (Å²) in [6, 6.07) is -0.441. The van der Waals surface area contributed by atoms with E-state index in [1.165, 1.54) is 6.42 Å². The summed E-state index contributed by atoms with van der Waals surface area (Å²) in [5.74, 6) is -0.659. The van der Waals surface area contributed by atoms with Gasteiger partial charge in [-0.3, -0.25) is 14.4 Å². The minimum Gasteiger partial charge on any atom is -0.466 e. The fraction of sp³-hybridized carbons (Fsp3) is 0.850. The molecule has 2 rings (SSSR count). The molecule has 2 aliphatic rings. The first-order valence-corrected chi connectivity index (χ1v) is 11.0. The minimum atomic E-state index is -0.297. The Morgan fingerprint density at radius 1 is 1.14 bits per heavy atom. The van der Waals surface area contributed by atoms with Crippen molar-refractivity contribution < 1.29 is 19.1 Å². The van der Waals surface area contributed by atoms with Gasteiger partial charge in [0, 0.05) is 23.4 Å². The topological polar surface area (TPSA) is 111 Å². The van der Waals surface area contributed by atoms with Crippen LogP contribution in [0.5, 0.6) is 0 Å². The van der Waals surface area contributed by atoms with Gasteiger partial charge in [-0.2, -0.15) is 0 Å². The number of amides is 2. The van der Waals surface area contributed by atoms with Gasteiger partial charge >= 0.3 is 5.97 Å². The lowest BCUT2D eigenvalue weighted by Gasteiger charge is -2.31. The number of halogens is 1. The van der Waals surface area contributed by atoms with Crippen LogP contribution in [0.2, 0.25) is 0 Å². The third kappa shape index (κ3) is 7.24. The zero-order valence-corrected chi connectivity index (χ0v) is 17.5. The highest BCUT2D eigenvalue weighted by Gasteiger charge is 2.31. The molecule has 2 amide bonds. The van der Waals surface area contributed by atoms with Crippen LogP contribution in [0.3, 0.4) is 0 Å². The van der Waals surface area contributed by atoms with Crippen molar-refractivity contribution in [2.45, 2.75) is 82.2 Å². The van der Waals surface area contributed by atoms with Crippen molar-refractivity contribution in [1.82, 2.24) is 10.6 Å². The quantitative estimate of drug-likeness (QED) is 0.414. The lowest BCUT2D eigenvalue weighted by atomic mass is 9.82. The molecule has 0 aromatic carbocycles. The summed E-state index contributed by atoms with van der Waals surface area (Å²) in [6.45, 7) is 2.00. The number of carbonyl (C=O) groups excluding carboxylic acids is 3. The summed E-state index contributed by atoms with van der Waals surface area (Å²) in [6.07, 6.45) is 7.51. The van der Waals surface area contributed by atoms with Crippen molar-refractivity contribution >= 4 is 29.4 Å². The third-order valence-electron chi connectivity index (χ3n) is 5.86. The number of nitrogens with one attached hydrogen (secondary N) is 2. The van der Waals surface area contributed by atoms with Crippen LogP contribution in [-0.4, -0.2) is 48.4 Å². The van der Waals surface area contributed by atoms with E-state index in [1.54, 1.807) is 6.92 Å². The van der Waals surface area contributed by atoms with Crippen LogP contribution in [0.15, 0.2) is 0 Å². The molecule has 0 bridgehead atoms. The fourth-order valence-corrected chi connectivity index (χ4v) is 4.48. The first-order chi connectivity index (χ1) is 13.4. The summed E-state index contributed by atoms with van der Waals surface area (Å²) in [5, 5.41) is 5.57. The predicted octanol–water partition coefficient (Wildman–Crippen LogP) is 1.86. The van der Waals surface area contributed by atoms with E-state index in [0.717, 1.165) is 25.7 Å². The van der Waals surface area contributed by atoms with Crippen molar-refractivity contribution in [3.05, 3.63) is 0 Å². The van der Waals surface area contributed by atoms with Crippen molar-refractivity contribution in [3.8, 4) is 0 Å². The lowest BCUT2D eigenvalue weighted by Crippen LogP contribution is -2.48. The Kier molecular flexibility index (Phi) is 9.51. The van der Waals surface area contributed by atoms with E-state index < -0.39 is 0 Å². The molecular weight excluding hydrogens is 382 g/mol. The number of esters is 1. The van der Waals surface area contributed by atoms with Crippen LogP contribution in [0, 0.1) is 11.8 Å². The molecule has 160 valence electrons. The molecule has 0 aromatic heterocycles. The van der Waals surface area contributed by atoms with Crippen LogP contribution in [0.4, 0.5) is 0 Å². The average molecular weight is 416 g/mol. The SMILES string of the molecule is CCOC(=O)CC(NC(=O)CNC(=O)C1CCC(Cl)C(N)C1)C1CCCCC1. The molecule has 2 fully saturated rings. The lowest BCUT2D eigenvalue weighted by molar-refractivity contribution is -0.144. The number of carbonyl (C=O) groups is 3. The van der Waals surface area contributed by atoms with Gasteiger partial charge < -0.3 is 21.1 Å². The van der Waals surface area contributed by atoms with Crippen molar-refractivity contribution in [3.63, 3.8) is 0 Å². The molecule has 0 spiro atoms. The first kappa shape index (κ1) is 22.9. The standard InChI is InChI=1S/C20H34ClN3O4/c1-2-28-19(26)11-17(13-6-4-3-5-7-13)24-18(25)12-23-20(27)14-8-9-15(21)16(22)10-14/h13-17H,2-12,22H2,1H3,(H,23,27)(H,24,25). The van der Waals surface area contributed by atoms with Gasteiger partial charge in [0.05, 0.1) is 19.6 Å². The molecular formula is C20H34ClN3O4. The maximum atomic E-state index is 12.4. The zero-order chi connectivity index (χ0) is 20.5. The van der Waals surface area contributed by atoms with E-state index in [-0.39, 0.29) is 60.0 Å². The highest BCUT2D eigenvalue weighted by atomic mass is 35.5. The zero-order valence-electron chi connectivity index (χ0n) is 16.8. The molecule has 2 aliphatic carbocycles. The summed E-state index contributed by atoms with van der Waals surface area (Å²) in [4.78, 5) is 36.7. The highest BCUT2D eigenvalue weighted by molar-refractivity contribution is 6.21. The van der Waals surface area contributed by atoms with E-state index in [9.17, 15) is 14.4 Å². The van der Waals surface area contributed by atoms with Gasteiger partial charge in [-0.25, -0.2) is 0 Å². The maximum Gasteiger partial charge on any atom is 0.307 e. The molecule has 0 radical (unpaired) electrons. The molecule has 0 heterocycles. The number of nitrogens with two attached hydrogens (primary N) is 1. The normalized spacial score (nSPS) is 26.9. The Morgan fingerprint density at radius 3 is 2.50 bits per heavy atom. The summed E-state index contributed by atoms with van der Waals surface area (Å²) >= 11 is 6.10. The van der Waals surface area contributed by atoms with E-state index in [1.807, 2.05) is 0 Å². The molecule has 2 saturated carbocycles. The summed E-state index contributed by atoms with van der Waals surface area (Å²) < 4.78 is 5.06. The third-order valence-corrected chi connectivity index (χ3v) is 6.41. The molecule has 7 nitrogen and oxygen atoms in total. The minimum absolute atomic E-state index is 0.0912. The number of rotatable bonds is 8. The molecule has 4 unspecified atom stereocenters. The second-order valence-electron chi connectivity index (χ2n) is 7.99. The maximum absolute atomic E-state index is 12.4. The Morgan fingerprint density at radius 2 is 1.86 bits per heavy atom. The van der Waals surface area contributed by atoms with Gasteiger partial charge in [-0.05, 0) is 44.9 Å². The van der Waals surface area contributed by atoms with E-state index >= 15 is 0 Å². The van der Waals surface area contributed by atoms with Crippen LogP contribution in [0.25, 0.3) is 0 Å². The summed E-state index contributed by atoms with van der Waals surface area (Å²) in [7, 11) is 0. The number of ether oxygens (including phenoxy) is 1. The molecule has 0 saturated heterocycles. The molecule has 0 aromatic rings. The van der Waals surface area contributed by atoms with Gasteiger partial charge in [0.15, 0.2) is 0 Å². The Bertz CT molecular complexity index is 540. The molecule has 28 heavy (non-hydrogen) atoms. The van der Waals surface area contributed by atoms with Crippen molar-refractivity contribution in [1.29, 1.82) is 0 Å². The number of alkyl halides is 1. The number of hydrogen-bond donors (Lipinski definition) is 3. The van der Waals surface area contributed by atoms with Crippen LogP contribution < -0.4 is 16.4 Å². The van der Waals surface area contributed by atoms with Crippen LogP contribution in [0.1, 0.15) is 64.7 Å². The smallest absolute Gasteiger partial charge is 0.307 e. The van der Waals surface area contributed by atoms with E-state index in [4.69, 9.17) is 22.1 Å². The monoisotopic (exact) mass is 415 g/mol. The average Bonchev–Trinajstić information content (AvgIpc) is 2.68. The van der Waals surface area contributed by atoms with E-state index in [2.05, 4.69) is 10.6 Å². The second kappa shape index (κ2) is 11.6. The molecule has 8 heteroatoms. The Hall–Kier alpha value is -1.34. The second-order valence-corrected chi connectivity index (χ2v) is 8.55. The Labute approximate surface area is 172 Å². The van der Waals surface area contributed by atoms with Crippen molar-refractivity contribution in [2.75, 3.05) is 13.2 Å². The van der Waals surface area contributed by atoms with Crippen LogP contribution in [-0.2, 0) is 19.1 Å². The largest absolute Gasteiger partial charge is 0.466 e. The van der Waals surface area contributed by atoms with E-state index in [0.29, 0.717) is 25.9 Å². The van der Waals surface area contributed by atoms with Crippen molar-refractivity contribution in [2.24, 2.45) is 17.6 Å². The highest BCUT2D eigenvalue weighted by Crippen LogP contribution is 2.28. The number of hydrogen-bond acceptors (Lipinski definition) is 5. The summed E-state index contributed by atoms with van der Waals surface area (Å²) in [5.41, 5.74) is 5.95. The molecule has 4 atom stereocenters. The van der Waals surface area contributed by atoms with Gasteiger partial charge in [-0.1, -0.05) is 19.3 Å². The molecule has 0 aliphatic heterocycles. The van der Waals surface area contributed by atoms with Gasteiger partial charge in [0.25, 0.3) is 0 Å². The fourth-order valence-electron chi connectivity index (χ4n) is 4.25. The van der Waals surface area contributed by atoms with Gasteiger partial charge in [0.2, 0.25) is 11.8 Å². The van der Waals surface area contributed by atoms with Gasteiger partial charge in [0.1, 0.15) is 0 Å². The predicted molar refractivity (Wildman–Crippen MR) is 108 cm³/mol. The van der Waals surface area contributed by atoms with Crippen LogP contribution >= 0.6 is 11.6 Å².